The zero-order valence-electron chi connectivity index (χ0n) is 15.9. The van der Waals surface area contributed by atoms with Gasteiger partial charge in [-0.2, -0.15) is 0 Å². The Bertz CT molecular complexity index is 1360. The van der Waals surface area contributed by atoms with E-state index in [9.17, 15) is 4.79 Å². The van der Waals surface area contributed by atoms with Crippen molar-refractivity contribution in [3.8, 4) is 22.9 Å². The minimum atomic E-state index is -0.215. The third-order valence-electron chi connectivity index (χ3n) is 4.51. The second kappa shape index (κ2) is 8.62. The summed E-state index contributed by atoms with van der Waals surface area (Å²) >= 11 is 13.7. The number of halogens is 2. The number of methoxy groups -OCH3 is 2. The molecule has 0 atom stereocenters. The fraction of sp³-hybridized carbons (Fsp3) is 0.150. The molecule has 0 bridgehead atoms. The number of nitrogens with zero attached hydrogens (tertiary/aromatic N) is 3. The molecule has 0 fully saturated rings. The molecule has 0 N–H and O–H groups in total. The van der Waals surface area contributed by atoms with Gasteiger partial charge in [0.1, 0.15) is 22.0 Å². The molecular weight excluding hydrogens is 554 g/mol. The molecule has 2 aromatic heterocycles. The Morgan fingerprint density at radius 3 is 2.47 bits per heavy atom. The zero-order chi connectivity index (χ0) is 21.4. The topological polar surface area (TPSA) is 58.3 Å². The number of ether oxygens (including phenoxy) is 2. The molecule has 30 heavy (non-hydrogen) atoms. The van der Waals surface area contributed by atoms with Crippen LogP contribution in [0.3, 0.4) is 0 Å². The lowest BCUT2D eigenvalue weighted by Crippen LogP contribution is -2.23. The van der Waals surface area contributed by atoms with E-state index in [1.54, 1.807) is 32.4 Å². The maximum Gasteiger partial charge on any atom is 0.277 e. The van der Waals surface area contributed by atoms with Gasteiger partial charge in [-0.05, 0) is 48.6 Å². The first-order valence-electron chi connectivity index (χ1n) is 8.70. The van der Waals surface area contributed by atoms with Crippen LogP contribution in [0.5, 0.6) is 11.5 Å². The molecule has 0 unspecified atom stereocenters. The number of aromatic nitrogens is 3. The van der Waals surface area contributed by atoms with Crippen LogP contribution < -0.4 is 15.0 Å². The average molecular weight is 569 g/mol. The van der Waals surface area contributed by atoms with Gasteiger partial charge < -0.3 is 9.47 Å². The molecule has 0 aliphatic heterocycles. The van der Waals surface area contributed by atoms with Crippen molar-refractivity contribution in [1.82, 2.24) is 14.1 Å². The monoisotopic (exact) mass is 567 g/mol. The highest BCUT2D eigenvalue weighted by Crippen LogP contribution is 2.30. The van der Waals surface area contributed by atoms with Gasteiger partial charge in [-0.25, -0.2) is 4.98 Å². The van der Waals surface area contributed by atoms with Gasteiger partial charge in [-0.15, -0.1) is 0 Å². The molecule has 0 amide bonds. The van der Waals surface area contributed by atoms with E-state index in [2.05, 4.69) is 31.9 Å². The van der Waals surface area contributed by atoms with Crippen molar-refractivity contribution >= 4 is 65.8 Å². The van der Waals surface area contributed by atoms with Gasteiger partial charge in [0.25, 0.3) is 5.56 Å². The molecule has 0 saturated carbocycles. The predicted octanol–water partition coefficient (Wildman–Crippen LogP) is 5.64. The number of hydrogen-bond acceptors (Lipinski definition) is 6. The van der Waals surface area contributed by atoms with Crippen molar-refractivity contribution in [1.29, 1.82) is 0 Å². The third kappa shape index (κ3) is 3.62. The second-order valence-corrected chi connectivity index (χ2v) is 9.29. The Morgan fingerprint density at radius 1 is 1.10 bits per heavy atom. The van der Waals surface area contributed by atoms with Crippen molar-refractivity contribution in [2.45, 2.75) is 5.33 Å². The fourth-order valence-corrected chi connectivity index (χ4v) is 5.07. The minimum Gasteiger partial charge on any atom is -0.497 e. The van der Waals surface area contributed by atoms with Crippen LogP contribution in [0, 0.1) is 3.95 Å². The van der Waals surface area contributed by atoms with Crippen LogP contribution in [0.2, 0.25) is 0 Å². The van der Waals surface area contributed by atoms with Crippen LogP contribution in [0.4, 0.5) is 0 Å². The van der Waals surface area contributed by atoms with Crippen LogP contribution in [-0.2, 0) is 5.33 Å². The Hall–Kier alpha value is -2.01. The van der Waals surface area contributed by atoms with Gasteiger partial charge >= 0.3 is 0 Å². The molecule has 154 valence electrons. The molecule has 0 aliphatic carbocycles. The first-order valence-corrected chi connectivity index (χ1v) is 11.8. The smallest absolute Gasteiger partial charge is 0.277 e. The summed E-state index contributed by atoms with van der Waals surface area (Å²) in [5.74, 6) is 1.67. The highest BCUT2D eigenvalue weighted by atomic mass is 79.9. The van der Waals surface area contributed by atoms with Crippen molar-refractivity contribution in [3.63, 3.8) is 0 Å². The highest BCUT2D eigenvalue weighted by molar-refractivity contribution is 9.10. The summed E-state index contributed by atoms with van der Waals surface area (Å²) in [5.41, 5.74) is 1.72. The largest absolute Gasteiger partial charge is 0.497 e. The summed E-state index contributed by atoms with van der Waals surface area (Å²) < 4.78 is 16.2. The number of hydrogen-bond donors (Lipinski definition) is 0. The number of fused-ring (bicyclic) bond motifs is 1. The summed E-state index contributed by atoms with van der Waals surface area (Å²) in [6, 6.07) is 13.0. The van der Waals surface area contributed by atoms with Gasteiger partial charge in [-0.3, -0.25) is 13.9 Å². The fourth-order valence-electron chi connectivity index (χ4n) is 3.13. The standard InChI is InChI=1S/C20H15Br2N3O3S2/c1-27-13-7-8-15(28-2)14(9-13)25-16(10-21)23-18-17(19(25)26)30-20(29)24(18)12-5-3-11(22)4-6-12/h3-9H,10H2,1-2H3. The Labute approximate surface area is 198 Å². The first kappa shape index (κ1) is 21.2. The Morgan fingerprint density at radius 2 is 1.83 bits per heavy atom. The predicted molar refractivity (Wildman–Crippen MR) is 129 cm³/mol. The quantitative estimate of drug-likeness (QED) is 0.230. The maximum absolute atomic E-state index is 13.6. The molecule has 0 saturated heterocycles. The second-order valence-electron chi connectivity index (χ2n) is 6.17. The molecule has 6 nitrogen and oxygen atoms in total. The van der Waals surface area contributed by atoms with E-state index in [-0.39, 0.29) is 5.56 Å². The Balaban J connectivity index is 2.06. The summed E-state index contributed by atoms with van der Waals surface area (Å²) in [4.78, 5) is 18.4. The van der Waals surface area contributed by atoms with E-state index in [1.807, 2.05) is 28.8 Å². The summed E-state index contributed by atoms with van der Waals surface area (Å²) in [6.45, 7) is 0. The summed E-state index contributed by atoms with van der Waals surface area (Å²) in [5, 5.41) is 0.363. The number of thiazole rings is 1. The molecule has 0 spiro atoms. The summed E-state index contributed by atoms with van der Waals surface area (Å²) in [7, 11) is 3.13. The lowest BCUT2D eigenvalue weighted by atomic mass is 10.2. The average Bonchev–Trinajstić information content (AvgIpc) is 3.10. The van der Waals surface area contributed by atoms with Crippen LogP contribution in [0.15, 0.2) is 51.7 Å². The molecule has 4 aromatic rings. The molecular formula is C20H15Br2N3O3S2. The molecule has 0 radical (unpaired) electrons. The van der Waals surface area contributed by atoms with Gasteiger partial charge in [-0.1, -0.05) is 43.2 Å². The maximum atomic E-state index is 13.6. The molecule has 10 heteroatoms. The van der Waals surface area contributed by atoms with Crippen molar-refractivity contribution in [2.75, 3.05) is 14.2 Å². The first-order chi connectivity index (χ1) is 14.5. The molecule has 0 aliphatic rings. The van der Waals surface area contributed by atoms with Crippen LogP contribution in [0.25, 0.3) is 21.7 Å². The van der Waals surface area contributed by atoms with E-state index in [1.165, 1.54) is 15.9 Å². The van der Waals surface area contributed by atoms with Gasteiger partial charge in [0.15, 0.2) is 9.60 Å². The number of benzene rings is 2. The van der Waals surface area contributed by atoms with Crippen molar-refractivity contribution < 1.29 is 9.47 Å². The Kier molecular flexibility index (Phi) is 6.10. The third-order valence-corrected chi connectivity index (χ3v) is 6.89. The number of rotatable bonds is 5. The number of alkyl halides is 1. The lowest BCUT2D eigenvalue weighted by molar-refractivity contribution is 0.401. The van der Waals surface area contributed by atoms with Gasteiger partial charge in [0, 0.05) is 16.2 Å². The molecule has 2 heterocycles. The van der Waals surface area contributed by atoms with Gasteiger partial charge in [0.2, 0.25) is 0 Å². The SMILES string of the molecule is COc1ccc(OC)c(-n2c(CBr)nc3c(sc(=S)n3-c3ccc(Br)cc3)c2=O)c1. The van der Waals surface area contributed by atoms with E-state index < -0.39 is 0 Å². The van der Waals surface area contributed by atoms with Crippen LogP contribution in [0.1, 0.15) is 5.82 Å². The summed E-state index contributed by atoms with van der Waals surface area (Å²) in [6.07, 6.45) is 0. The minimum absolute atomic E-state index is 0.215. The van der Waals surface area contributed by atoms with Crippen molar-refractivity contribution in [2.24, 2.45) is 0 Å². The molecule has 4 rings (SSSR count). The van der Waals surface area contributed by atoms with E-state index in [0.29, 0.717) is 42.6 Å². The molecule has 2 aromatic carbocycles. The van der Waals surface area contributed by atoms with E-state index in [0.717, 1.165) is 10.2 Å². The van der Waals surface area contributed by atoms with Crippen molar-refractivity contribution in [3.05, 3.63) is 67.1 Å². The zero-order valence-corrected chi connectivity index (χ0v) is 20.7. The lowest BCUT2D eigenvalue weighted by Gasteiger charge is -2.15. The van der Waals surface area contributed by atoms with E-state index >= 15 is 0 Å². The van der Waals surface area contributed by atoms with Gasteiger partial charge in [0.05, 0.1) is 25.2 Å². The van der Waals surface area contributed by atoms with E-state index in [4.69, 9.17) is 26.7 Å². The normalized spacial score (nSPS) is 11.1. The highest BCUT2D eigenvalue weighted by Gasteiger charge is 2.20. The van der Waals surface area contributed by atoms with Crippen LogP contribution >= 0.6 is 55.4 Å². The van der Waals surface area contributed by atoms with Crippen LogP contribution in [-0.4, -0.2) is 28.3 Å².